The first-order chi connectivity index (χ1) is 9.11. The first kappa shape index (κ1) is 15.4. The van der Waals surface area contributed by atoms with E-state index in [0.29, 0.717) is 5.92 Å². The van der Waals surface area contributed by atoms with E-state index in [1.165, 1.54) is 5.56 Å². The summed E-state index contributed by atoms with van der Waals surface area (Å²) < 4.78 is 1.08. The van der Waals surface area contributed by atoms with Gasteiger partial charge in [0, 0.05) is 19.8 Å². The van der Waals surface area contributed by atoms with Crippen molar-refractivity contribution in [2.24, 2.45) is 0 Å². The summed E-state index contributed by atoms with van der Waals surface area (Å²) in [4.78, 5) is 0. The SMILES string of the molecule is Clc1cccc(Cl)c1CC(CBr)c1cccc(Br)c1. The van der Waals surface area contributed by atoms with Gasteiger partial charge in [0.05, 0.1) is 0 Å². The molecular formula is C15H12Br2Cl2. The van der Waals surface area contributed by atoms with E-state index in [1.54, 1.807) is 0 Å². The van der Waals surface area contributed by atoms with Gasteiger partial charge in [-0.3, -0.25) is 0 Å². The van der Waals surface area contributed by atoms with Crippen molar-refractivity contribution in [3.63, 3.8) is 0 Å². The van der Waals surface area contributed by atoms with Crippen molar-refractivity contribution in [1.82, 2.24) is 0 Å². The highest BCUT2D eigenvalue weighted by molar-refractivity contribution is 9.10. The van der Waals surface area contributed by atoms with Crippen LogP contribution >= 0.6 is 55.1 Å². The Morgan fingerprint density at radius 2 is 1.63 bits per heavy atom. The summed E-state index contributed by atoms with van der Waals surface area (Å²) in [7, 11) is 0. The number of rotatable bonds is 4. The Balaban J connectivity index is 2.29. The molecule has 0 aliphatic heterocycles. The van der Waals surface area contributed by atoms with Crippen LogP contribution in [0.1, 0.15) is 17.0 Å². The largest absolute Gasteiger partial charge is 0.0921 e. The Hall–Kier alpha value is -0.0200. The smallest absolute Gasteiger partial charge is 0.0453 e. The molecule has 100 valence electrons. The Bertz CT molecular complexity index is 550. The summed E-state index contributed by atoms with van der Waals surface area (Å²) in [5.41, 5.74) is 2.28. The van der Waals surface area contributed by atoms with E-state index < -0.39 is 0 Å². The van der Waals surface area contributed by atoms with E-state index in [2.05, 4.69) is 44.0 Å². The molecule has 0 saturated carbocycles. The number of hydrogen-bond acceptors (Lipinski definition) is 0. The van der Waals surface area contributed by atoms with E-state index in [-0.39, 0.29) is 0 Å². The minimum absolute atomic E-state index is 0.342. The van der Waals surface area contributed by atoms with Gasteiger partial charge < -0.3 is 0 Å². The molecule has 0 radical (unpaired) electrons. The van der Waals surface area contributed by atoms with Crippen molar-refractivity contribution < 1.29 is 0 Å². The van der Waals surface area contributed by atoms with Gasteiger partial charge in [0.25, 0.3) is 0 Å². The average Bonchev–Trinajstić information content (AvgIpc) is 2.38. The Labute approximate surface area is 140 Å². The fourth-order valence-corrected chi connectivity index (χ4v) is 3.57. The second-order valence-electron chi connectivity index (χ2n) is 4.31. The third kappa shape index (κ3) is 3.98. The summed E-state index contributed by atoms with van der Waals surface area (Å²) in [5.74, 6) is 0.342. The predicted molar refractivity (Wildman–Crippen MR) is 90.8 cm³/mol. The van der Waals surface area contributed by atoms with Crippen molar-refractivity contribution in [3.8, 4) is 0 Å². The van der Waals surface area contributed by atoms with Crippen LogP contribution in [0.4, 0.5) is 0 Å². The molecule has 0 aliphatic rings. The molecule has 19 heavy (non-hydrogen) atoms. The molecule has 2 aromatic carbocycles. The zero-order valence-electron chi connectivity index (χ0n) is 10.0. The highest BCUT2D eigenvalue weighted by Gasteiger charge is 2.15. The first-order valence-corrected chi connectivity index (χ1v) is 8.53. The maximum Gasteiger partial charge on any atom is 0.0453 e. The van der Waals surface area contributed by atoms with Crippen LogP contribution in [-0.2, 0) is 6.42 Å². The van der Waals surface area contributed by atoms with E-state index in [4.69, 9.17) is 23.2 Å². The summed E-state index contributed by atoms with van der Waals surface area (Å²) in [5, 5.41) is 2.33. The van der Waals surface area contributed by atoms with Crippen LogP contribution in [0, 0.1) is 0 Å². The van der Waals surface area contributed by atoms with Crippen LogP contribution in [0.5, 0.6) is 0 Å². The number of halogens is 4. The lowest BCUT2D eigenvalue weighted by Crippen LogP contribution is -2.05. The van der Waals surface area contributed by atoms with E-state index >= 15 is 0 Å². The molecule has 1 unspecified atom stereocenters. The lowest BCUT2D eigenvalue weighted by molar-refractivity contribution is 0.775. The van der Waals surface area contributed by atoms with E-state index in [0.717, 1.165) is 31.8 Å². The fourth-order valence-electron chi connectivity index (χ4n) is 2.00. The van der Waals surface area contributed by atoms with Gasteiger partial charge in [0.1, 0.15) is 0 Å². The lowest BCUT2D eigenvalue weighted by Gasteiger charge is -2.17. The quantitative estimate of drug-likeness (QED) is 0.495. The maximum atomic E-state index is 6.24. The molecule has 0 aliphatic carbocycles. The van der Waals surface area contributed by atoms with Gasteiger partial charge in [-0.2, -0.15) is 0 Å². The van der Waals surface area contributed by atoms with Crippen molar-refractivity contribution in [2.45, 2.75) is 12.3 Å². The van der Waals surface area contributed by atoms with Crippen LogP contribution in [0.15, 0.2) is 46.9 Å². The summed E-state index contributed by atoms with van der Waals surface area (Å²) in [6.45, 7) is 0. The molecule has 2 rings (SSSR count). The molecule has 0 spiro atoms. The standard InChI is InChI=1S/C15H12Br2Cl2/c16-9-11(10-3-1-4-12(17)7-10)8-13-14(18)5-2-6-15(13)19/h1-7,11H,8-9H2. The molecule has 0 fully saturated rings. The Morgan fingerprint density at radius 3 is 2.21 bits per heavy atom. The highest BCUT2D eigenvalue weighted by Crippen LogP contribution is 2.32. The second-order valence-corrected chi connectivity index (χ2v) is 6.69. The topological polar surface area (TPSA) is 0 Å². The van der Waals surface area contributed by atoms with Crippen molar-refractivity contribution in [3.05, 3.63) is 68.1 Å². The van der Waals surface area contributed by atoms with Gasteiger partial charge in [-0.25, -0.2) is 0 Å². The molecule has 2 aromatic rings. The summed E-state index contributed by atoms with van der Waals surface area (Å²) >= 11 is 19.6. The van der Waals surface area contributed by atoms with Gasteiger partial charge >= 0.3 is 0 Å². The fraction of sp³-hybridized carbons (Fsp3) is 0.200. The average molecular weight is 423 g/mol. The third-order valence-electron chi connectivity index (χ3n) is 3.02. The second kappa shape index (κ2) is 7.12. The molecule has 0 N–H and O–H groups in total. The first-order valence-electron chi connectivity index (χ1n) is 5.86. The van der Waals surface area contributed by atoms with Crippen molar-refractivity contribution in [2.75, 3.05) is 5.33 Å². The molecule has 1 atom stereocenters. The maximum absolute atomic E-state index is 6.24. The Kier molecular flexibility index (Phi) is 5.76. The molecule has 0 aromatic heterocycles. The predicted octanol–water partition coefficient (Wildman–Crippen LogP) is 6.48. The summed E-state index contributed by atoms with van der Waals surface area (Å²) in [6.07, 6.45) is 0.820. The molecule has 0 amide bonds. The Morgan fingerprint density at radius 1 is 1.00 bits per heavy atom. The molecule has 4 heteroatoms. The van der Waals surface area contributed by atoms with Crippen LogP contribution in [0.3, 0.4) is 0 Å². The molecule has 0 nitrogen and oxygen atoms in total. The molecule has 0 bridgehead atoms. The number of hydrogen-bond donors (Lipinski definition) is 0. The van der Waals surface area contributed by atoms with Crippen molar-refractivity contribution in [1.29, 1.82) is 0 Å². The molecule has 0 saturated heterocycles. The van der Waals surface area contributed by atoms with Crippen LogP contribution in [-0.4, -0.2) is 5.33 Å². The van der Waals surface area contributed by atoms with Crippen molar-refractivity contribution >= 4 is 55.1 Å². The zero-order valence-corrected chi connectivity index (χ0v) is 14.7. The molecular weight excluding hydrogens is 411 g/mol. The number of alkyl halides is 1. The van der Waals surface area contributed by atoms with Gasteiger partial charge in [-0.05, 0) is 47.7 Å². The van der Waals surface area contributed by atoms with E-state index in [9.17, 15) is 0 Å². The van der Waals surface area contributed by atoms with Gasteiger partial charge in [-0.15, -0.1) is 0 Å². The van der Waals surface area contributed by atoms with Crippen LogP contribution < -0.4 is 0 Å². The third-order valence-corrected chi connectivity index (χ3v) is 5.00. The van der Waals surface area contributed by atoms with Crippen LogP contribution in [0.2, 0.25) is 10.0 Å². The lowest BCUT2D eigenvalue weighted by atomic mass is 9.94. The monoisotopic (exact) mass is 420 g/mol. The van der Waals surface area contributed by atoms with Gasteiger partial charge in [-0.1, -0.05) is 73.3 Å². The van der Waals surface area contributed by atoms with Crippen LogP contribution in [0.25, 0.3) is 0 Å². The minimum Gasteiger partial charge on any atom is -0.0921 e. The minimum atomic E-state index is 0.342. The highest BCUT2D eigenvalue weighted by atomic mass is 79.9. The number of benzene rings is 2. The van der Waals surface area contributed by atoms with E-state index in [1.807, 2.05) is 30.3 Å². The molecule has 0 heterocycles. The zero-order chi connectivity index (χ0) is 13.8. The summed E-state index contributed by atoms with van der Waals surface area (Å²) in [6, 6.07) is 14.0. The van der Waals surface area contributed by atoms with Gasteiger partial charge in [0.15, 0.2) is 0 Å². The van der Waals surface area contributed by atoms with Gasteiger partial charge in [0.2, 0.25) is 0 Å². The normalized spacial score (nSPS) is 12.4.